The summed E-state index contributed by atoms with van der Waals surface area (Å²) < 4.78 is 10.7. The molecule has 0 fully saturated rings. The molecular weight excluding hydrogens is 192 g/mol. The van der Waals surface area contributed by atoms with Crippen molar-refractivity contribution in [2.24, 2.45) is 0 Å². The maximum absolute atomic E-state index is 8.66. The number of nitriles is 1. The van der Waals surface area contributed by atoms with E-state index in [1.807, 2.05) is 13.8 Å². The van der Waals surface area contributed by atoms with Crippen molar-refractivity contribution in [1.29, 1.82) is 5.26 Å². The minimum atomic E-state index is -0.127. The Morgan fingerprint density at radius 2 is 2.07 bits per heavy atom. The topological polar surface area (TPSA) is 54.3 Å². The maximum atomic E-state index is 8.66. The standard InChI is InChI=1S/C11H22N2O2/c1-11(2,14-4)6-8-15-7-5-10(9-12)13-3/h10,13H,5-8H2,1-4H3. The molecule has 0 saturated heterocycles. The molecule has 0 bridgehead atoms. The van der Waals surface area contributed by atoms with E-state index in [0.717, 1.165) is 12.8 Å². The van der Waals surface area contributed by atoms with Crippen molar-refractivity contribution < 1.29 is 9.47 Å². The quantitative estimate of drug-likeness (QED) is 0.619. The molecule has 0 aromatic rings. The predicted octanol–water partition coefficient (Wildman–Crippen LogP) is 1.32. The molecule has 0 amide bonds. The number of ether oxygens (including phenoxy) is 2. The van der Waals surface area contributed by atoms with Crippen molar-refractivity contribution in [1.82, 2.24) is 5.32 Å². The largest absolute Gasteiger partial charge is 0.381 e. The summed E-state index contributed by atoms with van der Waals surface area (Å²) >= 11 is 0. The normalized spacial score (nSPS) is 13.5. The minimum absolute atomic E-state index is 0.111. The first-order chi connectivity index (χ1) is 7.05. The van der Waals surface area contributed by atoms with E-state index in [1.165, 1.54) is 0 Å². The van der Waals surface area contributed by atoms with E-state index in [4.69, 9.17) is 14.7 Å². The SMILES string of the molecule is CNC(C#N)CCOCCC(C)(C)OC. The fraction of sp³-hybridized carbons (Fsp3) is 0.909. The number of hydrogen-bond acceptors (Lipinski definition) is 4. The lowest BCUT2D eigenvalue weighted by Gasteiger charge is -2.22. The van der Waals surface area contributed by atoms with Crippen LogP contribution in [0.25, 0.3) is 0 Å². The molecule has 0 aromatic heterocycles. The van der Waals surface area contributed by atoms with Gasteiger partial charge in [-0.25, -0.2) is 0 Å². The number of nitrogens with one attached hydrogen (secondary N) is 1. The molecule has 4 nitrogen and oxygen atoms in total. The Balaban J connectivity index is 3.44. The van der Waals surface area contributed by atoms with Crippen molar-refractivity contribution in [2.45, 2.75) is 38.3 Å². The minimum Gasteiger partial charge on any atom is -0.381 e. The van der Waals surface area contributed by atoms with E-state index in [9.17, 15) is 0 Å². The van der Waals surface area contributed by atoms with Crippen LogP contribution in [0.4, 0.5) is 0 Å². The van der Waals surface area contributed by atoms with Crippen LogP contribution in [-0.4, -0.2) is 39.0 Å². The summed E-state index contributed by atoms with van der Waals surface area (Å²) in [6.45, 7) is 5.34. The van der Waals surface area contributed by atoms with Gasteiger partial charge in [0.25, 0.3) is 0 Å². The molecule has 1 atom stereocenters. The van der Waals surface area contributed by atoms with Gasteiger partial charge in [-0.05, 0) is 33.7 Å². The van der Waals surface area contributed by atoms with Gasteiger partial charge in [0.1, 0.15) is 0 Å². The van der Waals surface area contributed by atoms with Crippen LogP contribution in [0.3, 0.4) is 0 Å². The van der Waals surface area contributed by atoms with Crippen molar-refractivity contribution in [3.63, 3.8) is 0 Å². The third-order valence-electron chi connectivity index (χ3n) is 2.46. The van der Waals surface area contributed by atoms with Gasteiger partial charge in [0.15, 0.2) is 0 Å². The number of nitrogens with zero attached hydrogens (tertiary/aromatic N) is 1. The van der Waals surface area contributed by atoms with Crippen molar-refractivity contribution in [3.8, 4) is 6.07 Å². The molecule has 88 valence electrons. The first-order valence-corrected chi connectivity index (χ1v) is 5.25. The molecule has 0 saturated carbocycles. The van der Waals surface area contributed by atoms with E-state index in [-0.39, 0.29) is 11.6 Å². The summed E-state index contributed by atoms with van der Waals surface area (Å²) in [5.74, 6) is 0. The van der Waals surface area contributed by atoms with E-state index in [0.29, 0.717) is 13.2 Å². The van der Waals surface area contributed by atoms with Gasteiger partial charge in [0, 0.05) is 20.3 Å². The monoisotopic (exact) mass is 214 g/mol. The third kappa shape index (κ3) is 7.32. The van der Waals surface area contributed by atoms with Crippen LogP contribution in [-0.2, 0) is 9.47 Å². The fourth-order valence-corrected chi connectivity index (χ4v) is 0.997. The second-order valence-electron chi connectivity index (χ2n) is 4.09. The average Bonchev–Trinajstić information content (AvgIpc) is 2.23. The average molecular weight is 214 g/mol. The summed E-state index contributed by atoms with van der Waals surface area (Å²) in [6, 6.07) is 2.04. The van der Waals surface area contributed by atoms with Crippen LogP contribution < -0.4 is 5.32 Å². The molecule has 0 aliphatic carbocycles. The zero-order chi connectivity index (χ0) is 11.7. The Bertz CT molecular complexity index is 199. The summed E-state index contributed by atoms with van der Waals surface area (Å²) in [6.07, 6.45) is 1.58. The molecule has 1 N–H and O–H groups in total. The molecule has 0 radical (unpaired) electrons. The first-order valence-electron chi connectivity index (χ1n) is 5.25. The van der Waals surface area contributed by atoms with E-state index < -0.39 is 0 Å². The number of methoxy groups -OCH3 is 1. The smallest absolute Gasteiger partial charge is 0.0972 e. The predicted molar refractivity (Wildman–Crippen MR) is 59.6 cm³/mol. The highest BCUT2D eigenvalue weighted by atomic mass is 16.5. The second-order valence-corrected chi connectivity index (χ2v) is 4.09. The Hall–Kier alpha value is -0.630. The van der Waals surface area contributed by atoms with Crippen molar-refractivity contribution >= 4 is 0 Å². The summed E-state index contributed by atoms with van der Waals surface area (Å²) in [7, 11) is 3.48. The fourth-order valence-electron chi connectivity index (χ4n) is 0.997. The molecule has 0 spiro atoms. The molecular formula is C11H22N2O2. The van der Waals surface area contributed by atoms with Gasteiger partial charge in [-0.1, -0.05) is 0 Å². The Morgan fingerprint density at radius 3 is 2.53 bits per heavy atom. The lowest BCUT2D eigenvalue weighted by atomic mass is 10.1. The summed E-state index contributed by atoms with van der Waals surface area (Å²) in [4.78, 5) is 0. The van der Waals surface area contributed by atoms with Crippen LogP contribution in [0, 0.1) is 11.3 Å². The first kappa shape index (κ1) is 14.4. The van der Waals surface area contributed by atoms with E-state index in [1.54, 1.807) is 14.2 Å². The summed E-state index contributed by atoms with van der Waals surface area (Å²) in [5.41, 5.74) is -0.127. The molecule has 15 heavy (non-hydrogen) atoms. The van der Waals surface area contributed by atoms with Crippen LogP contribution in [0.2, 0.25) is 0 Å². The van der Waals surface area contributed by atoms with Crippen LogP contribution in [0.5, 0.6) is 0 Å². The molecule has 4 heteroatoms. The lowest BCUT2D eigenvalue weighted by Crippen LogP contribution is -2.26. The van der Waals surface area contributed by atoms with Gasteiger partial charge in [0.2, 0.25) is 0 Å². The molecule has 0 aromatic carbocycles. The van der Waals surface area contributed by atoms with Gasteiger partial charge in [-0.3, -0.25) is 0 Å². The molecule has 0 heterocycles. The number of rotatable bonds is 8. The highest BCUT2D eigenvalue weighted by Gasteiger charge is 2.15. The van der Waals surface area contributed by atoms with Crippen LogP contribution in [0.1, 0.15) is 26.7 Å². The highest BCUT2D eigenvalue weighted by Crippen LogP contribution is 2.12. The molecule has 1 unspecified atom stereocenters. The van der Waals surface area contributed by atoms with Crippen LogP contribution in [0.15, 0.2) is 0 Å². The third-order valence-corrected chi connectivity index (χ3v) is 2.46. The zero-order valence-electron chi connectivity index (χ0n) is 10.2. The van der Waals surface area contributed by atoms with Crippen molar-refractivity contribution in [2.75, 3.05) is 27.4 Å². The molecule has 0 aliphatic heterocycles. The van der Waals surface area contributed by atoms with E-state index in [2.05, 4.69) is 11.4 Å². The van der Waals surface area contributed by atoms with E-state index >= 15 is 0 Å². The van der Waals surface area contributed by atoms with Crippen LogP contribution >= 0.6 is 0 Å². The van der Waals surface area contributed by atoms with Crippen molar-refractivity contribution in [3.05, 3.63) is 0 Å². The number of hydrogen-bond donors (Lipinski definition) is 1. The zero-order valence-corrected chi connectivity index (χ0v) is 10.2. The Kier molecular flexibility index (Phi) is 7.31. The van der Waals surface area contributed by atoms with Gasteiger partial charge < -0.3 is 14.8 Å². The van der Waals surface area contributed by atoms with Gasteiger partial charge in [-0.15, -0.1) is 0 Å². The second kappa shape index (κ2) is 7.63. The van der Waals surface area contributed by atoms with Gasteiger partial charge >= 0.3 is 0 Å². The lowest BCUT2D eigenvalue weighted by molar-refractivity contribution is -0.0103. The van der Waals surface area contributed by atoms with Gasteiger partial charge in [-0.2, -0.15) is 5.26 Å². The molecule has 0 aliphatic rings. The highest BCUT2D eigenvalue weighted by molar-refractivity contribution is 4.87. The van der Waals surface area contributed by atoms with Gasteiger partial charge in [0.05, 0.1) is 17.7 Å². The summed E-state index contributed by atoms with van der Waals surface area (Å²) in [5, 5.41) is 11.6. The maximum Gasteiger partial charge on any atom is 0.0972 e. The Labute approximate surface area is 92.6 Å². The Morgan fingerprint density at radius 1 is 1.40 bits per heavy atom. The molecule has 0 rings (SSSR count).